The first-order chi connectivity index (χ1) is 10.2. The quantitative estimate of drug-likeness (QED) is 0.771. The Balaban J connectivity index is 1.78. The second-order valence-corrected chi connectivity index (χ2v) is 5.86. The summed E-state index contributed by atoms with van der Waals surface area (Å²) in [5.74, 6) is 0. The fourth-order valence-electron chi connectivity index (χ4n) is 3.06. The molecule has 5 heteroatoms. The number of aliphatic hydroxyl groups is 1. The van der Waals surface area contributed by atoms with Gasteiger partial charge < -0.3 is 15.0 Å². The maximum Gasteiger partial charge on any atom is 0.120 e. The van der Waals surface area contributed by atoms with Gasteiger partial charge in [0.1, 0.15) is 11.8 Å². The molecule has 0 aliphatic carbocycles. The van der Waals surface area contributed by atoms with Crippen molar-refractivity contribution in [1.29, 1.82) is 5.26 Å². The first-order valence-corrected chi connectivity index (χ1v) is 7.78. The number of aliphatic hydroxyl groups excluding tert-OH is 1. The highest BCUT2D eigenvalue weighted by molar-refractivity contribution is 5.33. The van der Waals surface area contributed by atoms with Gasteiger partial charge in [-0.2, -0.15) is 5.26 Å². The van der Waals surface area contributed by atoms with Crippen molar-refractivity contribution >= 4 is 0 Å². The molecule has 0 unspecified atom stereocenters. The molecule has 0 amide bonds. The van der Waals surface area contributed by atoms with Crippen LogP contribution in [0.2, 0.25) is 0 Å². The van der Waals surface area contributed by atoms with E-state index in [0.29, 0.717) is 11.7 Å². The lowest BCUT2D eigenvalue weighted by Gasteiger charge is -2.34. The Hall–Kier alpha value is -1.35. The van der Waals surface area contributed by atoms with Gasteiger partial charge in [-0.3, -0.25) is 4.90 Å². The number of likely N-dealkylation sites (tertiary alicyclic amines) is 1. The van der Waals surface area contributed by atoms with Crippen molar-refractivity contribution in [2.24, 2.45) is 7.05 Å². The average Bonchev–Trinajstić information content (AvgIpc) is 2.79. The summed E-state index contributed by atoms with van der Waals surface area (Å²) in [6.45, 7) is 6.08. The molecule has 2 heterocycles. The SMILES string of the molecule is Cc1c(CNCCN2CCCC[C@@H]2CO)cc(C#N)n1C. The van der Waals surface area contributed by atoms with Crippen LogP contribution in [0.5, 0.6) is 0 Å². The molecule has 1 aliphatic heterocycles. The molecule has 1 saturated heterocycles. The molecule has 0 radical (unpaired) electrons. The van der Waals surface area contributed by atoms with Crippen LogP contribution in [0.25, 0.3) is 0 Å². The van der Waals surface area contributed by atoms with E-state index in [1.807, 2.05) is 24.6 Å². The monoisotopic (exact) mass is 290 g/mol. The number of hydrogen-bond donors (Lipinski definition) is 2. The van der Waals surface area contributed by atoms with Gasteiger partial charge in [0.15, 0.2) is 0 Å². The summed E-state index contributed by atoms with van der Waals surface area (Å²) < 4.78 is 1.93. The van der Waals surface area contributed by atoms with E-state index in [2.05, 4.69) is 16.3 Å². The maximum atomic E-state index is 9.40. The van der Waals surface area contributed by atoms with Gasteiger partial charge in [0, 0.05) is 38.4 Å². The molecule has 1 aromatic heterocycles. The molecule has 1 aromatic rings. The van der Waals surface area contributed by atoms with Gasteiger partial charge in [-0.15, -0.1) is 0 Å². The molecule has 0 bridgehead atoms. The predicted molar refractivity (Wildman–Crippen MR) is 82.9 cm³/mol. The third-order valence-electron chi connectivity index (χ3n) is 4.61. The third-order valence-corrected chi connectivity index (χ3v) is 4.61. The van der Waals surface area contributed by atoms with E-state index < -0.39 is 0 Å². The lowest BCUT2D eigenvalue weighted by Crippen LogP contribution is -2.44. The zero-order valence-corrected chi connectivity index (χ0v) is 13.1. The van der Waals surface area contributed by atoms with E-state index in [1.165, 1.54) is 18.4 Å². The topological polar surface area (TPSA) is 64.2 Å². The Kier molecular flexibility index (Phi) is 5.80. The van der Waals surface area contributed by atoms with E-state index in [4.69, 9.17) is 5.26 Å². The van der Waals surface area contributed by atoms with Crippen LogP contribution in [0.4, 0.5) is 0 Å². The van der Waals surface area contributed by atoms with E-state index >= 15 is 0 Å². The second-order valence-electron chi connectivity index (χ2n) is 5.86. The van der Waals surface area contributed by atoms with Crippen molar-refractivity contribution in [1.82, 2.24) is 14.8 Å². The van der Waals surface area contributed by atoms with Crippen LogP contribution in [0.3, 0.4) is 0 Å². The smallest absolute Gasteiger partial charge is 0.120 e. The highest BCUT2D eigenvalue weighted by Gasteiger charge is 2.20. The summed E-state index contributed by atoms with van der Waals surface area (Å²) in [6, 6.07) is 4.51. The van der Waals surface area contributed by atoms with Gasteiger partial charge in [0.2, 0.25) is 0 Å². The van der Waals surface area contributed by atoms with Crippen LogP contribution in [0.15, 0.2) is 6.07 Å². The highest BCUT2D eigenvalue weighted by atomic mass is 16.3. The fourth-order valence-corrected chi connectivity index (χ4v) is 3.06. The van der Waals surface area contributed by atoms with Gasteiger partial charge in [0.05, 0.1) is 6.61 Å². The van der Waals surface area contributed by atoms with Crippen molar-refractivity contribution < 1.29 is 5.11 Å². The molecule has 1 fully saturated rings. The normalized spacial score (nSPS) is 19.6. The average molecular weight is 290 g/mol. The summed E-state index contributed by atoms with van der Waals surface area (Å²) in [4.78, 5) is 2.38. The van der Waals surface area contributed by atoms with Gasteiger partial charge in [-0.05, 0) is 37.9 Å². The fraction of sp³-hybridized carbons (Fsp3) is 0.688. The largest absolute Gasteiger partial charge is 0.395 e. The van der Waals surface area contributed by atoms with Gasteiger partial charge >= 0.3 is 0 Å². The van der Waals surface area contributed by atoms with Crippen molar-refractivity contribution in [3.63, 3.8) is 0 Å². The van der Waals surface area contributed by atoms with E-state index in [0.717, 1.165) is 38.3 Å². The molecule has 0 aromatic carbocycles. The third kappa shape index (κ3) is 3.85. The minimum absolute atomic E-state index is 0.267. The summed E-state index contributed by atoms with van der Waals surface area (Å²) >= 11 is 0. The number of nitrogens with zero attached hydrogens (tertiary/aromatic N) is 3. The number of rotatable bonds is 6. The van der Waals surface area contributed by atoms with E-state index in [9.17, 15) is 5.11 Å². The van der Waals surface area contributed by atoms with Gasteiger partial charge in [-0.25, -0.2) is 0 Å². The summed E-state index contributed by atoms with van der Waals surface area (Å²) in [5.41, 5.74) is 3.04. The molecular weight excluding hydrogens is 264 g/mol. The van der Waals surface area contributed by atoms with Crippen molar-refractivity contribution in [2.75, 3.05) is 26.2 Å². The van der Waals surface area contributed by atoms with Crippen LogP contribution in [0, 0.1) is 18.3 Å². The molecule has 21 heavy (non-hydrogen) atoms. The summed E-state index contributed by atoms with van der Waals surface area (Å²) in [5, 5.41) is 21.9. The number of aromatic nitrogens is 1. The lowest BCUT2D eigenvalue weighted by molar-refractivity contribution is 0.0910. The summed E-state index contributed by atoms with van der Waals surface area (Å²) in [6.07, 6.45) is 3.58. The molecule has 5 nitrogen and oxygen atoms in total. The standard InChI is InChI=1S/C16H26N4O/c1-13-14(9-16(10-17)19(13)2)11-18-6-8-20-7-4-3-5-15(20)12-21/h9,15,18,21H,3-8,11-12H2,1-2H3/t15-/m1/s1. The molecule has 2 N–H and O–H groups in total. The first-order valence-electron chi connectivity index (χ1n) is 7.78. The molecular formula is C16H26N4O. The Morgan fingerprint density at radius 3 is 2.95 bits per heavy atom. The molecule has 1 atom stereocenters. The predicted octanol–water partition coefficient (Wildman–Crippen LogP) is 1.14. The molecule has 1 aliphatic rings. The number of nitriles is 1. The lowest BCUT2D eigenvalue weighted by atomic mass is 10.0. The van der Waals surface area contributed by atoms with Crippen molar-refractivity contribution in [2.45, 2.75) is 38.8 Å². The minimum atomic E-state index is 0.267. The second kappa shape index (κ2) is 7.60. The zero-order chi connectivity index (χ0) is 15.2. The van der Waals surface area contributed by atoms with Crippen LogP contribution in [-0.4, -0.2) is 46.9 Å². The molecule has 0 spiro atoms. The van der Waals surface area contributed by atoms with Crippen LogP contribution in [-0.2, 0) is 13.6 Å². The Bertz CT molecular complexity index is 503. The first kappa shape index (κ1) is 16.0. The Labute approximate surface area is 127 Å². The number of nitrogens with one attached hydrogen (secondary N) is 1. The van der Waals surface area contributed by atoms with Crippen LogP contribution >= 0.6 is 0 Å². The molecule has 116 valence electrons. The Morgan fingerprint density at radius 2 is 2.29 bits per heavy atom. The molecule has 0 saturated carbocycles. The molecule has 2 rings (SSSR count). The van der Waals surface area contributed by atoms with Crippen LogP contribution in [0.1, 0.15) is 36.2 Å². The number of piperidine rings is 1. The summed E-state index contributed by atoms with van der Waals surface area (Å²) in [7, 11) is 1.93. The van der Waals surface area contributed by atoms with Crippen LogP contribution < -0.4 is 5.32 Å². The van der Waals surface area contributed by atoms with E-state index in [1.54, 1.807) is 0 Å². The maximum absolute atomic E-state index is 9.40. The van der Waals surface area contributed by atoms with E-state index in [-0.39, 0.29) is 6.61 Å². The minimum Gasteiger partial charge on any atom is -0.395 e. The Morgan fingerprint density at radius 1 is 1.48 bits per heavy atom. The highest BCUT2D eigenvalue weighted by Crippen LogP contribution is 2.16. The van der Waals surface area contributed by atoms with Gasteiger partial charge in [0.25, 0.3) is 0 Å². The zero-order valence-electron chi connectivity index (χ0n) is 13.1. The van der Waals surface area contributed by atoms with Crippen molar-refractivity contribution in [3.8, 4) is 6.07 Å². The van der Waals surface area contributed by atoms with Crippen molar-refractivity contribution in [3.05, 3.63) is 23.0 Å². The number of hydrogen-bond acceptors (Lipinski definition) is 4. The van der Waals surface area contributed by atoms with Gasteiger partial charge in [-0.1, -0.05) is 6.42 Å².